The lowest BCUT2D eigenvalue weighted by molar-refractivity contribution is -0.150. The molecule has 4 N–H and O–H groups in total. The van der Waals surface area contributed by atoms with Crippen molar-refractivity contribution in [3.63, 3.8) is 0 Å². The summed E-state index contributed by atoms with van der Waals surface area (Å²) in [6, 6.07) is -1.39. The van der Waals surface area contributed by atoms with Crippen LogP contribution in [0.4, 0.5) is 0 Å². The molecule has 0 bridgehead atoms. The van der Waals surface area contributed by atoms with Gasteiger partial charge in [0, 0.05) is 12.8 Å². The lowest BCUT2D eigenvalue weighted by Crippen LogP contribution is -2.47. The van der Waals surface area contributed by atoms with Crippen molar-refractivity contribution in [1.82, 2.24) is 10.6 Å². The summed E-state index contributed by atoms with van der Waals surface area (Å²) in [6.45, 7) is 3.25. The number of hydrogen-bond donors (Lipinski definition) is 4. The molecule has 2 unspecified atom stereocenters. The Balaban J connectivity index is 4.12. The molecule has 0 spiro atoms. The van der Waals surface area contributed by atoms with E-state index in [0.717, 1.165) is 89.9 Å². The molecule has 45 heavy (non-hydrogen) atoms. The van der Waals surface area contributed by atoms with Gasteiger partial charge in [-0.05, 0) is 70.6 Å². The number of nitrogens with one attached hydrogen (secondary N) is 2. The second-order valence-corrected chi connectivity index (χ2v) is 11.6. The first kappa shape index (κ1) is 42.1. The van der Waals surface area contributed by atoms with Gasteiger partial charge < -0.3 is 25.6 Å². The van der Waals surface area contributed by atoms with E-state index in [-0.39, 0.29) is 30.9 Å². The van der Waals surface area contributed by atoms with E-state index in [1.807, 2.05) is 0 Å². The summed E-state index contributed by atoms with van der Waals surface area (Å²) < 4.78 is 5.86. The van der Waals surface area contributed by atoms with Crippen molar-refractivity contribution in [3.8, 4) is 0 Å². The molecule has 0 saturated carbocycles. The average Bonchev–Trinajstić information content (AvgIpc) is 3.02. The maximum Gasteiger partial charge on any atom is 0.328 e. The number of aliphatic hydroxyl groups excluding tert-OH is 1. The van der Waals surface area contributed by atoms with E-state index in [1.54, 1.807) is 0 Å². The second-order valence-electron chi connectivity index (χ2n) is 11.6. The summed E-state index contributed by atoms with van der Waals surface area (Å²) >= 11 is 0. The Labute approximate surface area is 272 Å². The average molecular weight is 635 g/mol. The summed E-state index contributed by atoms with van der Waals surface area (Å²) in [7, 11) is 0. The van der Waals surface area contributed by atoms with Gasteiger partial charge in [-0.2, -0.15) is 0 Å². The zero-order valence-electron chi connectivity index (χ0n) is 28.1. The van der Waals surface area contributed by atoms with Gasteiger partial charge in [0.15, 0.2) is 0 Å². The third-order valence-electron chi connectivity index (χ3n) is 7.40. The van der Waals surface area contributed by atoms with Crippen molar-refractivity contribution < 1.29 is 34.1 Å². The highest BCUT2D eigenvalue weighted by atomic mass is 16.5. The van der Waals surface area contributed by atoms with Crippen LogP contribution in [0.25, 0.3) is 0 Å². The van der Waals surface area contributed by atoms with E-state index in [9.17, 15) is 19.2 Å². The molecular formula is C36H62N2O7. The number of carboxylic acid groups (broad SMARTS) is 1. The van der Waals surface area contributed by atoms with Crippen LogP contribution in [0.5, 0.6) is 0 Å². The minimum Gasteiger partial charge on any atom is -0.480 e. The molecule has 9 heteroatoms. The number of ether oxygens (including phenoxy) is 1. The second kappa shape index (κ2) is 31.1. The molecule has 0 aromatic carbocycles. The zero-order chi connectivity index (χ0) is 33.4. The minimum absolute atomic E-state index is 0.0879. The van der Waals surface area contributed by atoms with E-state index in [2.05, 4.69) is 60.9 Å². The molecule has 0 aliphatic rings. The van der Waals surface area contributed by atoms with Crippen LogP contribution in [0.15, 0.2) is 36.5 Å². The summed E-state index contributed by atoms with van der Waals surface area (Å²) in [6.07, 6.45) is 31.9. The fourth-order valence-electron chi connectivity index (χ4n) is 4.73. The van der Waals surface area contributed by atoms with Crippen molar-refractivity contribution in [3.05, 3.63) is 36.5 Å². The standard InChI is InChI=1S/C36H62N2O7/c1-3-5-7-9-10-11-12-13-14-15-16-17-18-19-24-28-35(42)45-31(25-21-8-6-4-2)26-22-20-23-27-33(40)37-29-34(41)38-32(30-39)36(43)44/h5,7,10-11,13-14,31-32,39H,3-4,6,8-9,12,15-30H2,1-2H3,(H,37,40)(H,38,41)(H,43,44)/b7-5-,11-10-,14-13-. The minimum atomic E-state index is -1.39. The predicted octanol–water partition coefficient (Wildman–Crippen LogP) is 7.09. The Morgan fingerprint density at radius 2 is 1.27 bits per heavy atom. The van der Waals surface area contributed by atoms with Crippen LogP contribution in [-0.2, 0) is 23.9 Å². The Bertz CT molecular complexity index is 869. The van der Waals surface area contributed by atoms with Crippen molar-refractivity contribution in [2.75, 3.05) is 13.2 Å². The van der Waals surface area contributed by atoms with Gasteiger partial charge in [-0.15, -0.1) is 0 Å². The molecule has 258 valence electrons. The van der Waals surface area contributed by atoms with Crippen molar-refractivity contribution >= 4 is 23.8 Å². The number of esters is 1. The lowest BCUT2D eigenvalue weighted by Gasteiger charge is -2.18. The SMILES string of the molecule is CC/C=C\C/C=C\C/C=C\CCCCCCCC(=O)OC(CCCCCC)CCCCCC(=O)NCC(=O)NC(CO)C(=O)O. The van der Waals surface area contributed by atoms with Crippen LogP contribution in [0, 0.1) is 0 Å². The van der Waals surface area contributed by atoms with Gasteiger partial charge in [0.1, 0.15) is 12.1 Å². The van der Waals surface area contributed by atoms with Gasteiger partial charge in [-0.3, -0.25) is 14.4 Å². The number of aliphatic hydroxyl groups is 1. The largest absolute Gasteiger partial charge is 0.480 e. The number of hydrogen-bond acceptors (Lipinski definition) is 6. The van der Waals surface area contributed by atoms with Gasteiger partial charge >= 0.3 is 11.9 Å². The van der Waals surface area contributed by atoms with Crippen LogP contribution in [0.1, 0.15) is 142 Å². The van der Waals surface area contributed by atoms with Crippen LogP contribution < -0.4 is 10.6 Å². The first-order chi connectivity index (χ1) is 21.8. The topological polar surface area (TPSA) is 142 Å². The quantitative estimate of drug-likeness (QED) is 0.0375. The van der Waals surface area contributed by atoms with Crippen LogP contribution >= 0.6 is 0 Å². The highest BCUT2D eigenvalue weighted by Crippen LogP contribution is 2.17. The maximum absolute atomic E-state index is 12.5. The zero-order valence-corrected chi connectivity index (χ0v) is 28.1. The molecule has 9 nitrogen and oxygen atoms in total. The molecule has 2 atom stereocenters. The monoisotopic (exact) mass is 634 g/mol. The number of allylic oxidation sites excluding steroid dienone is 6. The molecule has 0 rings (SSSR count). The molecule has 0 aliphatic carbocycles. The summed E-state index contributed by atoms with van der Waals surface area (Å²) in [4.78, 5) is 47.2. The van der Waals surface area contributed by atoms with Gasteiger partial charge in [-0.25, -0.2) is 4.79 Å². The number of carbonyl (C=O) groups excluding carboxylic acids is 3. The molecule has 0 saturated heterocycles. The Hall–Kier alpha value is -2.94. The fraction of sp³-hybridized carbons (Fsp3) is 0.722. The van der Waals surface area contributed by atoms with Crippen LogP contribution in [0.3, 0.4) is 0 Å². The summed E-state index contributed by atoms with van der Waals surface area (Å²) in [5.41, 5.74) is 0. The van der Waals surface area contributed by atoms with E-state index >= 15 is 0 Å². The number of carbonyl (C=O) groups is 4. The molecule has 0 heterocycles. The third-order valence-corrected chi connectivity index (χ3v) is 7.40. The Morgan fingerprint density at radius 3 is 1.91 bits per heavy atom. The van der Waals surface area contributed by atoms with Crippen molar-refractivity contribution in [2.24, 2.45) is 0 Å². The fourth-order valence-corrected chi connectivity index (χ4v) is 4.73. The molecule has 2 amide bonds. The molecule has 0 aromatic heterocycles. The molecule has 0 fully saturated rings. The smallest absolute Gasteiger partial charge is 0.328 e. The third kappa shape index (κ3) is 28.3. The number of carboxylic acids is 1. The molecule has 0 aliphatic heterocycles. The van der Waals surface area contributed by atoms with E-state index in [1.165, 1.54) is 19.3 Å². The van der Waals surface area contributed by atoms with E-state index in [4.69, 9.17) is 14.9 Å². The van der Waals surface area contributed by atoms with Gasteiger partial charge in [0.25, 0.3) is 0 Å². The van der Waals surface area contributed by atoms with E-state index in [0.29, 0.717) is 12.8 Å². The van der Waals surface area contributed by atoms with Crippen LogP contribution in [-0.4, -0.2) is 59.3 Å². The van der Waals surface area contributed by atoms with Gasteiger partial charge in [0.2, 0.25) is 11.8 Å². The first-order valence-electron chi connectivity index (χ1n) is 17.4. The first-order valence-corrected chi connectivity index (χ1v) is 17.4. The Morgan fingerprint density at radius 1 is 0.689 bits per heavy atom. The normalized spacial score (nSPS) is 13.0. The molecule has 0 aromatic rings. The van der Waals surface area contributed by atoms with E-state index < -0.39 is 24.5 Å². The van der Waals surface area contributed by atoms with Crippen molar-refractivity contribution in [2.45, 2.75) is 154 Å². The summed E-state index contributed by atoms with van der Waals surface area (Å²) in [5.74, 6) is -2.41. The number of amides is 2. The van der Waals surface area contributed by atoms with Gasteiger partial charge in [0.05, 0.1) is 13.2 Å². The number of unbranched alkanes of at least 4 members (excludes halogenated alkanes) is 10. The highest BCUT2D eigenvalue weighted by molar-refractivity contribution is 5.87. The highest BCUT2D eigenvalue weighted by Gasteiger charge is 2.19. The Kier molecular flexibility index (Phi) is 29.0. The summed E-state index contributed by atoms with van der Waals surface area (Å²) in [5, 5.41) is 22.4. The molecular weight excluding hydrogens is 572 g/mol. The lowest BCUT2D eigenvalue weighted by atomic mass is 10.0. The maximum atomic E-state index is 12.5. The number of rotatable bonds is 30. The van der Waals surface area contributed by atoms with Gasteiger partial charge in [-0.1, -0.05) is 95.2 Å². The predicted molar refractivity (Wildman–Crippen MR) is 181 cm³/mol. The van der Waals surface area contributed by atoms with Crippen molar-refractivity contribution in [1.29, 1.82) is 0 Å². The van der Waals surface area contributed by atoms with Crippen LogP contribution in [0.2, 0.25) is 0 Å². The number of aliphatic carboxylic acids is 1. The molecule has 0 radical (unpaired) electrons.